The molecule has 0 N–H and O–H groups in total. The van der Waals surface area contributed by atoms with Gasteiger partial charge in [0, 0.05) is 30.3 Å². The maximum absolute atomic E-state index is 14.6. The first-order valence-corrected chi connectivity index (χ1v) is 11.3. The summed E-state index contributed by atoms with van der Waals surface area (Å²) in [6.07, 6.45) is -3.19. The Balaban J connectivity index is 1.72. The minimum absolute atomic E-state index is 0.0891. The number of nitrogens with zero attached hydrogens (tertiary/aromatic N) is 2. The summed E-state index contributed by atoms with van der Waals surface area (Å²) in [5.41, 5.74) is -6.05. The van der Waals surface area contributed by atoms with Crippen LogP contribution in [0.4, 0.5) is 26.3 Å². The van der Waals surface area contributed by atoms with E-state index in [2.05, 4.69) is 0 Å². The molecule has 4 fully saturated rings. The number of hydrogen-bond acceptors (Lipinski definition) is 2. The highest BCUT2D eigenvalue weighted by Gasteiger charge is 2.74. The van der Waals surface area contributed by atoms with Crippen LogP contribution in [0.25, 0.3) is 0 Å². The second-order valence-electron chi connectivity index (χ2n) is 10.4. The van der Waals surface area contributed by atoms with Crippen molar-refractivity contribution < 1.29 is 26.3 Å². The van der Waals surface area contributed by atoms with Gasteiger partial charge in [0.1, 0.15) is 5.41 Å². The smallest absolute Gasteiger partial charge is 0.372 e. The summed E-state index contributed by atoms with van der Waals surface area (Å²) < 4.78 is 85.9. The van der Waals surface area contributed by atoms with Crippen molar-refractivity contribution in [3.63, 3.8) is 0 Å². The van der Waals surface area contributed by atoms with Crippen molar-refractivity contribution in [3.05, 3.63) is 35.1 Å². The van der Waals surface area contributed by atoms with Crippen molar-refractivity contribution in [2.75, 3.05) is 7.05 Å². The topological polar surface area (TPSA) is 27.0 Å². The largest absolute Gasteiger partial charge is 0.416 e. The zero-order chi connectivity index (χ0) is 23.3. The van der Waals surface area contributed by atoms with E-state index >= 15 is 0 Å². The zero-order valence-corrected chi connectivity index (χ0v) is 18.2. The number of hydrogen-bond donors (Lipinski definition) is 0. The highest BCUT2D eigenvalue weighted by Crippen LogP contribution is 2.68. The minimum atomic E-state index is -5.18. The molecule has 0 spiro atoms. The summed E-state index contributed by atoms with van der Waals surface area (Å²) in [4.78, 5) is -0.915. The molecule has 4 saturated carbocycles. The van der Waals surface area contributed by atoms with Crippen LogP contribution in [0.1, 0.15) is 44.9 Å². The first-order chi connectivity index (χ1) is 14.8. The molecular weight excluding hydrogens is 454 g/mol. The van der Waals surface area contributed by atoms with Crippen LogP contribution in [-0.2, 0) is 0 Å². The number of fused-ring (bicyclic) bond motifs is 1. The van der Waals surface area contributed by atoms with Gasteiger partial charge in [-0.1, -0.05) is 12.2 Å². The van der Waals surface area contributed by atoms with E-state index in [1.807, 2.05) is 0 Å². The van der Waals surface area contributed by atoms with Crippen LogP contribution >= 0.6 is 11.6 Å². The Morgan fingerprint density at radius 1 is 1.03 bits per heavy atom. The Hall–Kier alpha value is -1.62. The SMILES string of the molecule is CN(C1=C2C(C(F)(F)F)=CC=C[C@@]2(C(F)(F)F)[C@](Cl)(C#N)C1)C12CC3CC(CC(C3)C1)C2. The Morgan fingerprint density at radius 2 is 1.56 bits per heavy atom. The first kappa shape index (κ1) is 22.2. The molecule has 6 rings (SSSR count). The van der Waals surface area contributed by atoms with Gasteiger partial charge in [-0.25, -0.2) is 0 Å². The van der Waals surface area contributed by atoms with Crippen LogP contribution in [0.15, 0.2) is 35.1 Å². The molecule has 0 saturated heterocycles. The van der Waals surface area contributed by atoms with E-state index in [-0.39, 0.29) is 5.70 Å². The lowest BCUT2D eigenvalue weighted by atomic mass is 9.52. The van der Waals surface area contributed by atoms with Gasteiger partial charge in [0.15, 0.2) is 4.87 Å². The molecule has 2 atom stereocenters. The molecular formula is C23H23ClF6N2. The van der Waals surface area contributed by atoms with E-state index in [0.29, 0.717) is 29.9 Å². The van der Waals surface area contributed by atoms with Crippen LogP contribution in [0.2, 0.25) is 0 Å². The first-order valence-electron chi connectivity index (χ1n) is 10.9. The summed E-state index contributed by atoms with van der Waals surface area (Å²) in [5.74, 6) is 1.34. The predicted octanol–water partition coefficient (Wildman–Crippen LogP) is 6.65. The number of rotatable bonds is 2. The van der Waals surface area contributed by atoms with Crippen molar-refractivity contribution in [2.24, 2.45) is 23.2 Å². The average Bonchev–Trinajstić information content (AvgIpc) is 2.96. The Kier molecular flexibility index (Phi) is 4.50. The molecule has 0 amide bonds. The summed E-state index contributed by atoms with van der Waals surface area (Å²) in [7, 11) is 1.61. The summed E-state index contributed by atoms with van der Waals surface area (Å²) in [6, 6.07) is 1.55. The molecule has 9 heteroatoms. The lowest BCUT2D eigenvalue weighted by molar-refractivity contribution is -0.198. The standard InChI is InChI=1S/C23H23ClF6N2/c1-32(19-8-13-5-14(9-19)7-15(6-13)10-19)17-11-20(24,12-31)21(23(28,29)30)4-2-3-16(18(17)21)22(25,26)27/h2-4,13-15H,5-11H2,1H3/t13?,14?,15?,19?,20-,21+/m1/s1. The molecule has 0 aliphatic heterocycles. The monoisotopic (exact) mass is 476 g/mol. The van der Waals surface area contributed by atoms with Crippen LogP contribution in [0.3, 0.4) is 0 Å². The van der Waals surface area contributed by atoms with Crippen LogP contribution in [0.5, 0.6) is 0 Å². The van der Waals surface area contributed by atoms with Gasteiger partial charge < -0.3 is 4.90 Å². The van der Waals surface area contributed by atoms with Crippen LogP contribution in [-0.4, -0.2) is 34.7 Å². The summed E-state index contributed by atoms with van der Waals surface area (Å²) >= 11 is 6.34. The molecule has 0 radical (unpaired) electrons. The molecule has 2 nitrogen and oxygen atoms in total. The molecule has 174 valence electrons. The lowest BCUT2D eigenvalue weighted by Crippen LogP contribution is -2.58. The number of halogens is 7. The third-order valence-electron chi connectivity index (χ3n) is 8.65. The van der Waals surface area contributed by atoms with E-state index in [0.717, 1.165) is 44.6 Å². The van der Waals surface area contributed by atoms with Gasteiger partial charge in [-0.3, -0.25) is 0 Å². The van der Waals surface area contributed by atoms with E-state index < -0.39 is 45.7 Å². The third kappa shape index (κ3) is 2.72. The molecule has 32 heavy (non-hydrogen) atoms. The number of allylic oxidation sites excluding steroid dienone is 6. The maximum Gasteiger partial charge on any atom is 0.416 e. The molecule has 6 aliphatic rings. The Labute approximate surface area is 187 Å². The molecule has 0 aromatic heterocycles. The van der Waals surface area contributed by atoms with Crippen molar-refractivity contribution in [2.45, 2.75) is 67.7 Å². The normalized spacial score (nSPS) is 42.7. The van der Waals surface area contributed by atoms with Gasteiger partial charge in [0.05, 0.1) is 11.6 Å². The molecule has 0 aromatic carbocycles. The summed E-state index contributed by atoms with van der Waals surface area (Å²) in [5, 5.41) is 9.75. The zero-order valence-electron chi connectivity index (χ0n) is 17.5. The van der Waals surface area contributed by atoms with Crippen molar-refractivity contribution in [1.29, 1.82) is 5.26 Å². The molecule has 0 unspecified atom stereocenters. The van der Waals surface area contributed by atoms with Crippen LogP contribution < -0.4 is 0 Å². The number of alkyl halides is 7. The number of nitriles is 1. The van der Waals surface area contributed by atoms with Gasteiger partial charge in [-0.2, -0.15) is 31.6 Å². The van der Waals surface area contributed by atoms with Crippen molar-refractivity contribution in [3.8, 4) is 6.07 Å². The Bertz CT molecular complexity index is 949. The minimum Gasteiger partial charge on any atom is -0.372 e. The van der Waals surface area contributed by atoms with Gasteiger partial charge in [-0.05, 0) is 62.4 Å². The van der Waals surface area contributed by atoms with Gasteiger partial charge in [0.2, 0.25) is 0 Å². The Morgan fingerprint density at radius 3 is 2.00 bits per heavy atom. The molecule has 0 aromatic rings. The predicted molar refractivity (Wildman–Crippen MR) is 106 cm³/mol. The second-order valence-corrected chi connectivity index (χ2v) is 11.0. The molecule has 0 heterocycles. The lowest BCUT2D eigenvalue weighted by Gasteiger charge is -2.61. The fourth-order valence-corrected chi connectivity index (χ4v) is 8.10. The van der Waals surface area contributed by atoms with E-state index in [4.69, 9.17) is 11.6 Å². The highest BCUT2D eigenvalue weighted by molar-refractivity contribution is 6.27. The molecule has 6 aliphatic carbocycles. The van der Waals surface area contributed by atoms with E-state index in [9.17, 15) is 31.6 Å². The van der Waals surface area contributed by atoms with Gasteiger partial charge in [-0.15, -0.1) is 11.6 Å². The third-order valence-corrected chi connectivity index (χ3v) is 9.17. The average molecular weight is 477 g/mol. The fourth-order valence-electron chi connectivity index (χ4n) is 7.71. The maximum atomic E-state index is 14.6. The second kappa shape index (κ2) is 6.49. The van der Waals surface area contributed by atoms with Crippen molar-refractivity contribution >= 4 is 11.6 Å². The van der Waals surface area contributed by atoms with Crippen LogP contribution in [0, 0.1) is 34.5 Å². The van der Waals surface area contributed by atoms with Crippen molar-refractivity contribution in [1.82, 2.24) is 4.90 Å². The van der Waals surface area contributed by atoms with Gasteiger partial charge >= 0.3 is 12.4 Å². The quantitative estimate of drug-likeness (QED) is 0.329. The molecule has 4 bridgehead atoms. The van der Waals surface area contributed by atoms with E-state index in [1.165, 1.54) is 0 Å². The van der Waals surface area contributed by atoms with Gasteiger partial charge in [0.25, 0.3) is 0 Å². The summed E-state index contributed by atoms with van der Waals surface area (Å²) in [6.45, 7) is 0. The fraction of sp³-hybridized carbons (Fsp3) is 0.696. The highest BCUT2D eigenvalue weighted by atomic mass is 35.5. The van der Waals surface area contributed by atoms with E-state index in [1.54, 1.807) is 18.0 Å².